The third kappa shape index (κ3) is 3.60. The van der Waals surface area contributed by atoms with Crippen LogP contribution in [0.2, 0.25) is 0 Å². The summed E-state index contributed by atoms with van der Waals surface area (Å²) >= 11 is 0. The summed E-state index contributed by atoms with van der Waals surface area (Å²) in [5.74, 6) is 0.869. The molecule has 0 spiro atoms. The lowest BCUT2D eigenvalue weighted by atomic mass is 10.1. The molecule has 0 atom stereocenters. The molecule has 1 aromatic heterocycles. The van der Waals surface area contributed by atoms with Gasteiger partial charge in [0.1, 0.15) is 0 Å². The molecule has 4 nitrogen and oxygen atoms in total. The van der Waals surface area contributed by atoms with Crippen molar-refractivity contribution >= 4 is 5.97 Å². The number of aryl methyl sites for hydroxylation is 2. The van der Waals surface area contributed by atoms with Gasteiger partial charge < -0.3 is 9.47 Å². The van der Waals surface area contributed by atoms with Crippen molar-refractivity contribution in [1.29, 1.82) is 0 Å². The molecule has 0 saturated carbocycles. The summed E-state index contributed by atoms with van der Waals surface area (Å²) in [4.78, 5) is 16.5. The van der Waals surface area contributed by atoms with Crippen LogP contribution in [0.1, 0.15) is 21.5 Å². The van der Waals surface area contributed by atoms with E-state index in [1.54, 1.807) is 30.5 Å². The zero-order valence-electron chi connectivity index (χ0n) is 13.5. The van der Waals surface area contributed by atoms with Crippen LogP contribution >= 0.6 is 0 Å². The number of esters is 1. The van der Waals surface area contributed by atoms with Gasteiger partial charge in [-0.1, -0.05) is 35.9 Å². The van der Waals surface area contributed by atoms with Crippen LogP contribution in [-0.4, -0.2) is 11.0 Å². The number of pyridine rings is 1. The van der Waals surface area contributed by atoms with Crippen LogP contribution in [0.25, 0.3) is 0 Å². The van der Waals surface area contributed by atoms with Gasteiger partial charge in [0.25, 0.3) is 0 Å². The molecule has 120 valence electrons. The van der Waals surface area contributed by atoms with Gasteiger partial charge in [-0.2, -0.15) is 0 Å². The van der Waals surface area contributed by atoms with E-state index in [0.717, 1.165) is 11.1 Å². The van der Waals surface area contributed by atoms with E-state index in [0.29, 0.717) is 22.9 Å². The van der Waals surface area contributed by atoms with Crippen LogP contribution in [0.3, 0.4) is 0 Å². The summed E-state index contributed by atoms with van der Waals surface area (Å²) in [6.45, 7) is 3.86. The highest BCUT2D eigenvalue weighted by Crippen LogP contribution is 2.34. The molecule has 0 fully saturated rings. The Kier molecular flexibility index (Phi) is 4.57. The summed E-state index contributed by atoms with van der Waals surface area (Å²) < 4.78 is 11.3. The van der Waals surface area contributed by atoms with Crippen LogP contribution < -0.4 is 9.47 Å². The minimum absolute atomic E-state index is 0.367. The average Bonchev–Trinajstić information content (AvgIpc) is 2.59. The molecule has 2 aromatic carbocycles. The summed E-state index contributed by atoms with van der Waals surface area (Å²) in [5.41, 5.74) is 2.43. The van der Waals surface area contributed by atoms with E-state index in [2.05, 4.69) is 4.98 Å². The topological polar surface area (TPSA) is 48.4 Å². The molecule has 0 saturated heterocycles. The van der Waals surface area contributed by atoms with Gasteiger partial charge in [0.2, 0.25) is 5.88 Å². The van der Waals surface area contributed by atoms with Gasteiger partial charge in [0.15, 0.2) is 11.5 Å². The second-order valence-corrected chi connectivity index (χ2v) is 5.43. The molecule has 0 aliphatic carbocycles. The predicted molar refractivity (Wildman–Crippen MR) is 91.6 cm³/mol. The molecule has 3 aromatic rings. The Hall–Kier alpha value is -3.14. The minimum atomic E-state index is -0.425. The van der Waals surface area contributed by atoms with E-state index in [-0.39, 0.29) is 0 Å². The zero-order chi connectivity index (χ0) is 16.9. The fourth-order valence-electron chi connectivity index (χ4n) is 2.20. The summed E-state index contributed by atoms with van der Waals surface area (Å²) in [6, 6.07) is 18.0. The molecular weight excluding hydrogens is 302 g/mol. The third-order valence-electron chi connectivity index (χ3n) is 3.51. The van der Waals surface area contributed by atoms with E-state index in [1.807, 2.05) is 50.2 Å². The van der Waals surface area contributed by atoms with Crippen molar-refractivity contribution in [2.45, 2.75) is 13.8 Å². The van der Waals surface area contributed by atoms with Gasteiger partial charge in [-0.15, -0.1) is 0 Å². The maximum atomic E-state index is 12.3. The molecule has 0 amide bonds. The highest BCUT2D eigenvalue weighted by molar-refractivity contribution is 5.91. The van der Waals surface area contributed by atoms with Gasteiger partial charge in [0.05, 0.1) is 5.56 Å². The van der Waals surface area contributed by atoms with Crippen LogP contribution in [0, 0.1) is 13.8 Å². The molecule has 0 aliphatic heterocycles. The second-order valence-electron chi connectivity index (χ2n) is 5.43. The molecule has 24 heavy (non-hydrogen) atoms. The van der Waals surface area contributed by atoms with Gasteiger partial charge in [-0.05, 0) is 43.7 Å². The summed E-state index contributed by atoms with van der Waals surface area (Å²) in [5, 5.41) is 0. The lowest BCUT2D eigenvalue weighted by Gasteiger charge is -2.13. The van der Waals surface area contributed by atoms with Crippen LogP contribution in [-0.2, 0) is 0 Å². The molecule has 0 unspecified atom stereocenters. The lowest BCUT2D eigenvalue weighted by molar-refractivity contribution is 0.0730. The molecule has 4 heteroatoms. The van der Waals surface area contributed by atoms with E-state index in [1.165, 1.54) is 0 Å². The summed E-state index contributed by atoms with van der Waals surface area (Å²) in [7, 11) is 0. The number of carbonyl (C=O) groups is 1. The van der Waals surface area contributed by atoms with Crippen LogP contribution in [0.5, 0.6) is 17.4 Å². The Morgan fingerprint density at radius 1 is 0.917 bits per heavy atom. The van der Waals surface area contributed by atoms with Gasteiger partial charge in [-0.3, -0.25) is 0 Å². The monoisotopic (exact) mass is 319 g/mol. The first-order valence-electron chi connectivity index (χ1n) is 7.61. The third-order valence-corrected chi connectivity index (χ3v) is 3.51. The first-order valence-corrected chi connectivity index (χ1v) is 7.61. The Morgan fingerprint density at radius 2 is 1.71 bits per heavy atom. The second kappa shape index (κ2) is 6.96. The Labute approximate surface area is 140 Å². The van der Waals surface area contributed by atoms with Crippen molar-refractivity contribution in [3.8, 4) is 17.4 Å². The SMILES string of the molecule is Cc1ccc(C(=O)Oc2cccc(C)c2Oc2ccccn2)cc1. The molecule has 0 bridgehead atoms. The van der Waals surface area contributed by atoms with Crippen LogP contribution in [0.4, 0.5) is 0 Å². The maximum Gasteiger partial charge on any atom is 0.343 e. The van der Waals surface area contributed by atoms with E-state index in [4.69, 9.17) is 9.47 Å². The number of nitrogens with zero attached hydrogens (tertiary/aromatic N) is 1. The number of aromatic nitrogens is 1. The summed E-state index contributed by atoms with van der Waals surface area (Å²) in [6.07, 6.45) is 1.64. The molecule has 0 N–H and O–H groups in total. The largest absolute Gasteiger partial charge is 0.435 e. The fourth-order valence-corrected chi connectivity index (χ4v) is 2.20. The first-order chi connectivity index (χ1) is 11.6. The number of hydrogen-bond acceptors (Lipinski definition) is 4. The first kappa shape index (κ1) is 15.7. The molecular formula is C20H17NO3. The predicted octanol–water partition coefficient (Wildman–Crippen LogP) is 4.71. The number of benzene rings is 2. The number of rotatable bonds is 4. The van der Waals surface area contributed by atoms with Gasteiger partial charge in [0, 0.05) is 12.3 Å². The quantitative estimate of drug-likeness (QED) is 0.516. The lowest BCUT2D eigenvalue weighted by Crippen LogP contribution is -2.09. The van der Waals surface area contributed by atoms with Crippen molar-refractivity contribution in [3.05, 3.63) is 83.6 Å². The number of para-hydroxylation sites is 1. The van der Waals surface area contributed by atoms with Crippen molar-refractivity contribution < 1.29 is 14.3 Å². The number of hydrogen-bond donors (Lipinski definition) is 0. The molecule has 0 aliphatic rings. The highest BCUT2D eigenvalue weighted by atomic mass is 16.6. The normalized spacial score (nSPS) is 10.2. The van der Waals surface area contributed by atoms with E-state index < -0.39 is 5.97 Å². The Bertz CT molecular complexity index is 843. The molecule has 1 heterocycles. The number of ether oxygens (including phenoxy) is 2. The average molecular weight is 319 g/mol. The number of carbonyl (C=O) groups excluding carboxylic acids is 1. The van der Waals surface area contributed by atoms with E-state index >= 15 is 0 Å². The van der Waals surface area contributed by atoms with Crippen LogP contribution in [0.15, 0.2) is 66.9 Å². The Morgan fingerprint density at radius 3 is 2.42 bits per heavy atom. The van der Waals surface area contributed by atoms with Crippen molar-refractivity contribution in [2.75, 3.05) is 0 Å². The Balaban J connectivity index is 1.86. The van der Waals surface area contributed by atoms with E-state index in [9.17, 15) is 4.79 Å². The smallest absolute Gasteiger partial charge is 0.343 e. The van der Waals surface area contributed by atoms with Gasteiger partial charge in [-0.25, -0.2) is 9.78 Å². The highest BCUT2D eigenvalue weighted by Gasteiger charge is 2.15. The minimum Gasteiger partial charge on any atom is -0.435 e. The zero-order valence-corrected chi connectivity index (χ0v) is 13.5. The van der Waals surface area contributed by atoms with Gasteiger partial charge >= 0.3 is 5.97 Å². The van der Waals surface area contributed by atoms with Crippen molar-refractivity contribution in [3.63, 3.8) is 0 Å². The fraction of sp³-hybridized carbons (Fsp3) is 0.100. The maximum absolute atomic E-state index is 12.3. The van der Waals surface area contributed by atoms with Crippen molar-refractivity contribution in [2.24, 2.45) is 0 Å². The molecule has 3 rings (SSSR count). The van der Waals surface area contributed by atoms with Crippen molar-refractivity contribution in [1.82, 2.24) is 4.98 Å². The standard InChI is InChI=1S/C20H17NO3/c1-14-9-11-16(12-10-14)20(22)23-17-7-5-6-15(2)19(17)24-18-8-3-4-13-21-18/h3-13H,1-2H3. The molecule has 0 radical (unpaired) electrons.